The van der Waals surface area contributed by atoms with Crippen LogP contribution in [-0.2, 0) is 9.53 Å². The molecule has 1 fully saturated rings. The van der Waals surface area contributed by atoms with Crippen molar-refractivity contribution in [2.45, 2.75) is 66.2 Å². The van der Waals surface area contributed by atoms with Gasteiger partial charge in [0.2, 0.25) is 0 Å². The van der Waals surface area contributed by atoms with Gasteiger partial charge in [-0.15, -0.1) is 0 Å². The zero-order valence-electron chi connectivity index (χ0n) is 13.7. The van der Waals surface area contributed by atoms with E-state index in [9.17, 15) is 9.90 Å². The van der Waals surface area contributed by atoms with Crippen molar-refractivity contribution in [2.75, 3.05) is 13.2 Å². The number of carboxylic acid groups (broad SMARTS) is 1. The quantitative estimate of drug-likeness (QED) is 0.674. The summed E-state index contributed by atoms with van der Waals surface area (Å²) < 4.78 is 5.63. The zero-order chi connectivity index (χ0) is 15.2. The van der Waals surface area contributed by atoms with Crippen molar-refractivity contribution in [1.29, 1.82) is 0 Å². The van der Waals surface area contributed by atoms with E-state index in [1.54, 1.807) is 0 Å². The summed E-state index contributed by atoms with van der Waals surface area (Å²) in [5.41, 5.74) is -0.525. The van der Waals surface area contributed by atoms with Crippen molar-refractivity contribution in [1.82, 2.24) is 0 Å². The molecule has 3 nitrogen and oxygen atoms in total. The average molecular weight is 284 g/mol. The van der Waals surface area contributed by atoms with Gasteiger partial charge in [-0.1, -0.05) is 27.7 Å². The summed E-state index contributed by atoms with van der Waals surface area (Å²) in [5, 5.41) is 9.60. The molecule has 0 spiro atoms. The maximum Gasteiger partial charge on any atom is 0.309 e. The molecule has 3 heteroatoms. The molecule has 1 aliphatic rings. The predicted octanol–water partition coefficient (Wildman–Crippen LogP) is 4.36. The lowest BCUT2D eigenvalue weighted by atomic mass is 9.66. The smallest absolute Gasteiger partial charge is 0.309 e. The highest BCUT2D eigenvalue weighted by atomic mass is 16.5. The molecule has 0 aromatic heterocycles. The van der Waals surface area contributed by atoms with Crippen molar-refractivity contribution in [3.63, 3.8) is 0 Å². The summed E-state index contributed by atoms with van der Waals surface area (Å²) in [6.45, 7) is 10.2. The van der Waals surface area contributed by atoms with Crippen molar-refractivity contribution < 1.29 is 14.6 Å². The first-order valence-corrected chi connectivity index (χ1v) is 8.18. The molecule has 0 aliphatic heterocycles. The number of hydrogen-bond donors (Lipinski definition) is 1. The van der Waals surface area contributed by atoms with E-state index in [0.717, 1.165) is 38.7 Å². The average Bonchev–Trinajstić information content (AvgIpc) is 2.38. The van der Waals surface area contributed by atoms with E-state index in [2.05, 4.69) is 27.7 Å². The first-order valence-electron chi connectivity index (χ1n) is 8.18. The Labute approximate surface area is 124 Å². The summed E-state index contributed by atoms with van der Waals surface area (Å²) in [6.07, 6.45) is 5.46. The Morgan fingerprint density at radius 3 is 2.25 bits per heavy atom. The summed E-state index contributed by atoms with van der Waals surface area (Å²) in [4.78, 5) is 11.7. The van der Waals surface area contributed by atoms with Crippen molar-refractivity contribution in [2.24, 2.45) is 23.2 Å². The topological polar surface area (TPSA) is 46.5 Å². The molecule has 1 aliphatic carbocycles. The Kier molecular flexibility index (Phi) is 7.01. The van der Waals surface area contributed by atoms with Gasteiger partial charge in [0.15, 0.2) is 0 Å². The van der Waals surface area contributed by atoms with Crippen molar-refractivity contribution >= 4 is 5.97 Å². The van der Waals surface area contributed by atoms with E-state index in [4.69, 9.17) is 4.74 Å². The maximum atomic E-state index is 11.7. The minimum absolute atomic E-state index is 0.525. The lowest BCUT2D eigenvalue weighted by molar-refractivity contribution is -0.153. The third kappa shape index (κ3) is 5.08. The van der Waals surface area contributed by atoms with Gasteiger partial charge < -0.3 is 9.84 Å². The molecule has 0 atom stereocenters. The number of carbonyl (C=O) groups is 1. The normalized spacial score (nSPS) is 27.2. The highest BCUT2D eigenvalue weighted by Gasteiger charge is 2.41. The number of aliphatic carboxylic acids is 1. The third-order valence-corrected chi connectivity index (χ3v) is 4.95. The van der Waals surface area contributed by atoms with Gasteiger partial charge in [0.25, 0.3) is 0 Å². The monoisotopic (exact) mass is 284 g/mol. The molecule has 0 radical (unpaired) electrons. The molecule has 1 rings (SSSR count). The largest absolute Gasteiger partial charge is 0.481 e. The summed E-state index contributed by atoms with van der Waals surface area (Å²) in [5.74, 6) is 1.39. The van der Waals surface area contributed by atoms with Crippen molar-refractivity contribution in [3.8, 4) is 0 Å². The lowest BCUT2D eigenvalue weighted by Gasteiger charge is -2.38. The summed E-state index contributed by atoms with van der Waals surface area (Å²) in [6, 6.07) is 0. The Hall–Kier alpha value is -0.570. The molecule has 0 unspecified atom stereocenters. The van der Waals surface area contributed by atoms with E-state index in [0.29, 0.717) is 30.8 Å². The van der Waals surface area contributed by atoms with Gasteiger partial charge in [-0.2, -0.15) is 0 Å². The van der Waals surface area contributed by atoms with Crippen LogP contribution >= 0.6 is 0 Å². The van der Waals surface area contributed by atoms with Crippen LogP contribution in [0.15, 0.2) is 0 Å². The van der Waals surface area contributed by atoms with E-state index >= 15 is 0 Å². The fourth-order valence-corrected chi connectivity index (χ4v) is 3.12. The molecule has 0 bridgehead atoms. The highest BCUT2D eigenvalue weighted by molar-refractivity contribution is 5.74. The van der Waals surface area contributed by atoms with Crippen LogP contribution < -0.4 is 0 Å². The van der Waals surface area contributed by atoms with Crippen LogP contribution in [0.3, 0.4) is 0 Å². The second-order valence-corrected chi connectivity index (χ2v) is 7.21. The Balaban J connectivity index is 2.39. The molecule has 1 N–H and O–H groups in total. The minimum Gasteiger partial charge on any atom is -0.481 e. The van der Waals surface area contributed by atoms with Gasteiger partial charge in [-0.3, -0.25) is 4.79 Å². The zero-order valence-corrected chi connectivity index (χ0v) is 13.7. The second kappa shape index (κ2) is 8.02. The van der Waals surface area contributed by atoms with Crippen LogP contribution in [-0.4, -0.2) is 24.3 Å². The molecular formula is C17H32O3. The molecule has 1 saturated carbocycles. The second-order valence-electron chi connectivity index (χ2n) is 7.21. The molecule has 0 heterocycles. The maximum absolute atomic E-state index is 11.7. The standard InChI is InChI=1S/C17H32O3/c1-13(2)7-11-20-12-10-17(16(18)19)8-5-15(6-9-17)14(3)4/h13-15H,5-12H2,1-4H3,(H,18,19). The summed E-state index contributed by atoms with van der Waals surface area (Å²) in [7, 11) is 0. The fraction of sp³-hybridized carbons (Fsp3) is 0.941. The Bertz CT molecular complexity index is 289. The highest BCUT2D eigenvalue weighted by Crippen LogP contribution is 2.44. The third-order valence-electron chi connectivity index (χ3n) is 4.95. The lowest BCUT2D eigenvalue weighted by Crippen LogP contribution is -2.37. The first kappa shape index (κ1) is 17.5. The first-order chi connectivity index (χ1) is 9.37. The predicted molar refractivity (Wildman–Crippen MR) is 81.8 cm³/mol. The Morgan fingerprint density at radius 1 is 1.20 bits per heavy atom. The number of rotatable bonds is 8. The van der Waals surface area contributed by atoms with E-state index in [1.165, 1.54) is 0 Å². The van der Waals surface area contributed by atoms with Gasteiger partial charge in [0.05, 0.1) is 5.41 Å². The molecule has 0 saturated heterocycles. The van der Waals surface area contributed by atoms with Crippen LogP contribution in [0.2, 0.25) is 0 Å². The van der Waals surface area contributed by atoms with Crippen LogP contribution in [0.25, 0.3) is 0 Å². The summed E-state index contributed by atoms with van der Waals surface area (Å²) >= 11 is 0. The molecule has 0 aromatic carbocycles. The van der Waals surface area contributed by atoms with Crippen LogP contribution in [0.1, 0.15) is 66.2 Å². The molecule has 0 aromatic rings. The number of ether oxygens (including phenoxy) is 1. The molecule has 118 valence electrons. The van der Waals surface area contributed by atoms with Gasteiger partial charge >= 0.3 is 5.97 Å². The van der Waals surface area contributed by atoms with Gasteiger partial charge in [0.1, 0.15) is 0 Å². The van der Waals surface area contributed by atoms with E-state index < -0.39 is 11.4 Å². The van der Waals surface area contributed by atoms with Crippen LogP contribution in [0.4, 0.5) is 0 Å². The van der Waals surface area contributed by atoms with Crippen molar-refractivity contribution in [3.05, 3.63) is 0 Å². The fourth-order valence-electron chi connectivity index (χ4n) is 3.12. The van der Waals surface area contributed by atoms with Gasteiger partial charge in [-0.05, 0) is 56.3 Å². The van der Waals surface area contributed by atoms with Gasteiger partial charge in [0, 0.05) is 13.2 Å². The minimum atomic E-state index is -0.618. The van der Waals surface area contributed by atoms with Crippen LogP contribution in [0.5, 0.6) is 0 Å². The van der Waals surface area contributed by atoms with E-state index in [1.807, 2.05) is 0 Å². The van der Waals surface area contributed by atoms with Gasteiger partial charge in [-0.25, -0.2) is 0 Å². The van der Waals surface area contributed by atoms with E-state index in [-0.39, 0.29) is 0 Å². The molecule has 0 amide bonds. The van der Waals surface area contributed by atoms with Crippen LogP contribution in [0, 0.1) is 23.2 Å². The molecule has 20 heavy (non-hydrogen) atoms. The molecular weight excluding hydrogens is 252 g/mol. The number of carboxylic acids is 1. The Morgan fingerprint density at radius 2 is 1.80 bits per heavy atom. The SMILES string of the molecule is CC(C)CCOCCC1(C(=O)O)CCC(C(C)C)CC1. The number of hydrogen-bond acceptors (Lipinski definition) is 2.